The van der Waals surface area contributed by atoms with Crippen molar-refractivity contribution in [3.05, 3.63) is 36.5 Å². The zero-order valence-electron chi connectivity index (χ0n) is 11.5. The molecule has 110 valence electrons. The molecule has 6 nitrogen and oxygen atoms in total. The number of hydrogen-bond donors (Lipinski definition) is 3. The maximum Gasteiger partial charge on any atom is 0.335 e. The molecule has 2 amide bonds. The van der Waals surface area contributed by atoms with Crippen LogP contribution in [-0.2, 0) is 0 Å². The molecule has 0 spiro atoms. The van der Waals surface area contributed by atoms with Gasteiger partial charge in [0.15, 0.2) is 5.13 Å². The molecule has 1 saturated heterocycles. The van der Waals surface area contributed by atoms with E-state index in [4.69, 9.17) is 5.73 Å². The molecule has 1 aromatic carbocycles. The summed E-state index contributed by atoms with van der Waals surface area (Å²) in [7, 11) is 0. The fourth-order valence-electron chi connectivity index (χ4n) is 2.23. The fourth-order valence-corrected chi connectivity index (χ4v) is 3.04. The van der Waals surface area contributed by atoms with E-state index in [2.05, 4.69) is 15.7 Å². The second-order valence-corrected chi connectivity index (χ2v) is 5.99. The maximum absolute atomic E-state index is 11.9. The summed E-state index contributed by atoms with van der Waals surface area (Å²) < 4.78 is 0. The zero-order chi connectivity index (χ0) is 14.7. The molecule has 1 aliphatic rings. The molecule has 21 heavy (non-hydrogen) atoms. The minimum Gasteiger partial charge on any atom is -0.326 e. The summed E-state index contributed by atoms with van der Waals surface area (Å²) in [6.07, 6.45) is 2.66. The molecular weight excluding hydrogens is 286 g/mol. The number of nitrogens with one attached hydrogen (secondary N) is 2. The van der Waals surface area contributed by atoms with Crippen molar-refractivity contribution in [3.63, 3.8) is 0 Å². The van der Waals surface area contributed by atoms with Crippen LogP contribution in [0.15, 0.2) is 36.5 Å². The normalized spacial score (nSPS) is 18.6. The van der Waals surface area contributed by atoms with Crippen LogP contribution in [0, 0.1) is 0 Å². The first kappa shape index (κ1) is 14.0. The van der Waals surface area contributed by atoms with Crippen LogP contribution in [0.4, 0.5) is 9.93 Å². The first-order valence-electron chi connectivity index (χ1n) is 6.80. The summed E-state index contributed by atoms with van der Waals surface area (Å²) in [6, 6.07) is 9.81. The Labute approximate surface area is 126 Å². The molecule has 2 aromatic rings. The van der Waals surface area contributed by atoms with Gasteiger partial charge in [-0.1, -0.05) is 41.7 Å². The number of carbonyl (C=O) groups excluding carboxylic acids is 1. The zero-order valence-corrected chi connectivity index (χ0v) is 12.3. The predicted molar refractivity (Wildman–Crippen MR) is 83.9 cm³/mol. The molecular formula is C14H17N5OS. The van der Waals surface area contributed by atoms with Crippen molar-refractivity contribution in [2.24, 2.45) is 5.73 Å². The molecule has 1 aliphatic heterocycles. The summed E-state index contributed by atoms with van der Waals surface area (Å²) in [6.45, 7) is 1.46. The van der Waals surface area contributed by atoms with Gasteiger partial charge in [-0.25, -0.2) is 14.8 Å². The van der Waals surface area contributed by atoms with Gasteiger partial charge in [-0.05, 0) is 12.0 Å². The molecule has 1 aromatic heterocycles. The monoisotopic (exact) mass is 303 g/mol. The van der Waals surface area contributed by atoms with Crippen molar-refractivity contribution < 1.29 is 4.79 Å². The summed E-state index contributed by atoms with van der Waals surface area (Å²) in [4.78, 5) is 17.1. The van der Waals surface area contributed by atoms with E-state index in [1.165, 1.54) is 11.3 Å². The topological polar surface area (TPSA) is 83.3 Å². The van der Waals surface area contributed by atoms with Crippen LogP contribution in [0.25, 0.3) is 10.4 Å². The number of thiazole rings is 1. The van der Waals surface area contributed by atoms with E-state index < -0.39 is 0 Å². The number of hydrogen-bond acceptors (Lipinski definition) is 5. The lowest BCUT2D eigenvalue weighted by molar-refractivity contribution is 0.208. The molecule has 1 fully saturated rings. The number of amides is 2. The molecule has 3 rings (SSSR count). The van der Waals surface area contributed by atoms with Gasteiger partial charge in [0.25, 0.3) is 0 Å². The van der Waals surface area contributed by atoms with Gasteiger partial charge in [-0.15, -0.1) is 0 Å². The van der Waals surface area contributed by atoms with Crippen molar-refractivity contribution in [1.29, 1.82) is 0 Å². The first-order valence-corrected chi connectivity index (χ1v) is 7.62. The van der Waals surface area contributed by atoms with Gasteiger partial charge in [0.05, 0.1) is 4.88 Å². The van der Waals surface area contributed by atoms with Gasteiger partial charge < -0.3 is 5.73 Å². The maximum atomic E-state index is 11.9. The first-order chi connectivity index (χ1) is 10.2. The van der Waals surface area contributed by atoms with Crippen LogP contribution >= 0.6 is 11.3 Å². The van der Waals surface area contributed by atoms with Gasteiger partial charge >= 0.3 is 6.03 Å². The number of aromatic nitrogens is 1. The van der Waals surface area contributed by atoms with Crippen LogP contribution in [0.3, 0.4) is 0 Å². The van der Waals surface area contributed by atoms with Crippen LogP contribution in [0.2, 0.25) is 0 Å². The number of nitrogens with zero attached hydrogens (tertiary/aromatic N) is 2. The molecule has 0 radical (unpaired) electrons. The molecule has 4 N–H and O–H groups in total. The van der Waals surface area contributed by atoms with E-state index in [-0.39, 0.29) is 12.1 Å². The summed E-state index contributed by atoms with van der Waals surface area (Å²) in [5.41, 5.74) is 9.67. The van der Waals surface area contributed by atoms with Gasteiger partial charge in [0, 0.05) is 25.3 Å². The average molecular weight is 303 g/mol. The largest absolute Gasteiger partial charge is 0.335 e. The molecule has 1 atom stereocenters. The lowest BCUT2D eigenvalue weighted by Gasteiger charge is -2.16. The molecule has 0 unspecified atom stereocenters. The van der Waals surface area contributed by atoms with Gasteiger partial charge in [0.1, 0.15) is 0 Å². The van der Waals surface area contributed by atoms with Crippen LogP contribution in [-0.4, -0.2) is 35.2 Å². The molecule has 7 heteroatoms. The number of carbonyl (C=O) groups is 1. The van der Waals surface area contributed by atoms with Crippen molar-refractivity contribution in [3.8, 4) is 10.4 Å². The number of nitrogens with two attached hydrogens (primary N) is 1. The van der Waals surface area contributed by atoms with E-state index >= 15 is 0 Å². The van der Waals surface area contributed by atoms with Gasteiger partial charge in [0.2, 0.25) is 0 Å². The van der Waals surface area contributed by atoms with Gasteiger partial charge in [-0.2, -0.15) is 0 Å². The van der Waals surface area contributed by atoms with Crippen molar-refractivity contribution in [2.45, 2.75) is 12.5 Å². The second kappa shape index (κ2) is 6.21. The summed E-state index contributed by atoms with van der Waals surface area (Å²) in [5, 5.41) is 5.15. The standard InChI is InChI=1S/C14H17N5OS/c15-11-6-7-19(9-11)18-13(20)17-14-16-8-12(21-14)10-4-2-1-3-5-10/h1-5,8,11H,6-7,9,15H2,(H2,16,17,18,20)/t11-/m0/s1. The third-order valence-electron chi connectivity index (χ3n) is 3.27. The van der Waals surface area contributed by atoms with E-state index in [0.717, 1.165) is 23.4 Å². The minimum atomic E-state index is -0.280. The Balaban J connectivity index is 1.58. The third kappa shape index (κ3) is 3.57. The summed E-state index contributed by atoms with van der Waals surface area (Å²) >= 11 is 1.45. The van der Waals surface area contributed by atoms with Crippen molar-refractivity contribution in [2.75, 3.05) is 18.4 Å². The lowest BCUT2D eigenvalue weighted by atomic mass is 10.2. The Bertz CT molecular complexity index is 615. The number of hydrazine groups is 1. The second-order valence-electron chi connectivity index (χ2n) is 4.96. The van der Waals surface area contributed by atoms with Crippen LogP contribution in [0.1, 0.15) is 6.42 Å². The number of urea groups is 1. The number of rotatable bonds is 3. The fraction of sp³-hybridized carbons (Fsp3) is 0.286. The van der Waals surface area contributed by atoms with Crippen molar-refractivity contribution >= 4 is 22.5 Å². The van der Waals surface area contributed by atoms with Crippen LogP contribution in [0.5, 0.6) is 0 Å². The minimum absolute atomic E-state index is 0.134. The number of benzene rings is 1. The molecule has 0 bridgehead atoms. The Morgan fingerprint density at radius 1 is 1.38 bits per heavy atom. The highest BCUT2D eigenvalue weighted by Crippen LogP contribution is 2.28. The average Bonchev–Trinajstić information content (AvgIpc) is 3.09. The highest BCUT2D eigenvalue weighted by Gasteiger charge is 2.20. The highest BCUT2D eigenvalue weighted by molar-refractivity contribution is 7.19. The molecule has 0 aliphatic carbocycles. The number of anilines is 1. The van der Waals surface area contributed by atoms with E-state index in [9.17, 15) is 4.79 Å². The Morgan fingerprint density at radius 2 is 2.19 bits per heavy atom. The predicted octanol–water partition coefficient (Wildman–Crippen LogP) is 1.88. The SMILES string of the molecule is N[C@H]1CCN(NC(=O)Nc2ncc(-c3ccccc3)s2)C1. The smallest absolute Gasteiger partial charge is 0.326 e. The Kier molecular flexibility index (Phi) is 4.14. The Hall–Kier alpha value is -1.96. The van der Waals surface area contributed by atoms with Crippen LogP contribution < -0.4 is 16.5 Å². The van der Waals surface area contributed by atoms with E-state index in [0.29, 0.717) is 11.7 Å². The molecule has 0 saturated carbocycles. The van der Waals surface area contributed by atoms with E-state index in [1.807, 2.05) is 35.3 Å². The van der Waals surface area contributed by atoms with Gasteiger partial charge in [-0.3, -0.25) is 10.7 Å². The lowest BCUT2D eigenvalue weighted by Crippen LogP contribution is -2.44. The van der Waals surface area contributed by atoms with Crippen molar-refractivity contribution in [1.82, 2.24) is 15.4 Å². The quantitative estimate of drug-likeness (QED) is 0.808. The molecule has 2 heterocycles. The van der Waals surface area contributed by atoms with E-state index in [1.54, 1.807) is 6.20 Å². The summed E-state index contributed by atoms with van der Waals surface area (Å²) in [5.74, 6) is 0. The Morgan fingerprint density at radius 3 is 2.90 bits per heavy atom. The third-order valence-corrected chi connectivity index (χ3v) is 4.23. The highest BCUT2D eigenvalue weighted by atomic mass is 32.1.